The normalized spacial score (nSPS) is 16.7. The fourth-order valence-corrected chi connectivity index (χ4v) is 2.65. The number of ether oxygens (including phenoxy) is 1. The fourth-order valence-electron chi connectivity index (χ4n) is 2.65. The average molecular weight is 291 g/mol. The zero-order chi connectivity index (χ0) is 15.2. The second-order valence-electron chi connectivity index (χ2n) is 5.25. The minimum absolute atomic E-state index is 0.0595. The van der Waals surface area contributed by atoms with Crippen molar-refractivity contribution >= 4 is 11.8 Å². The number of benzene rings is 1. The quantitative estimate of drug-likeness (QED) is 0.925. The molecule has 0 radical (unpaired) electrons. The van der Waals surface area contributed by atoms with Crippen molar-refractivity contribution in [2.24, 2.45) is 5.73 Å². The van der Waals surface area contributed by atoms with Crippen LogP contribution in [0.1, 0.15) is 31.9 Å². The number of carbonyl (C=O) groups is 1. The minimum Gasteiger partial charge on any atom is -0.450 e. The van der Waals surface area contributed by atoms with Gasteiger partial charge in [-0.25, -0.2) is 4.79 Å². The first-order valence-corrected chi connectivity index (χ1v) is 7.68. The van der Waals surface area contributed by atoms with Crippen molar-refractivity contribution in [3.63, 3.8) is 0 Å². The monoisotopic (exact) mass is 291 g/mol. The smallest absolute Gasteiger partial charge is 0.409 e. The van der Waals surface area contributed by atoms with Crippen LogP contribution in [-0.4, -0.2) is 43.8 Å². The van der Waals surface area contributed by atoms with Gasteiger partial charge in [-0.1, -0.05) is 25.1 Å². The summed E-state index contributed by atoms with van der Waals surface area (Å²) < 4.78 is 5.05. The predicted octanol–water partition coefficient (Wildman–Crippen LogP) is 2.37. The van der Waals surface area contributed by atoms with Gasteiger partial charge in [-0.3, -0.25) is 0 Å². The number of para-hydroxylation sites is 1. The Balaban J connectivity index is 2.04. The van der Waals surface area contributed by atoms with Crippen molar-refractivity contribution in [3.8, 4) is 0 Å². The van der Waals surface area contributed by atoms with Gasteiger partial charge in [0, 0.05) is 37.9 Å². The van der Waals surface area contributed by atoms with Gasteiger partial charge in [-0.15, -0.1) is 0 Å². The molecule has 2 rings (SSSR count). The van der Waals surface area contributed by atoms with E-state index in [4.69, 9.17) is 10.5 Å². The molecule has 5 heteroatoms. The lowest BCUT2D eigenvalue weighted by Gasteiger charge is -2.37. The molecule has 0 unspecified atom stereocenters. The maximum atomic E-state index is 11.7. The highest BCUT2D eigenvalue weighted by Gasteiger charge is 2.23. The summed E-state index contributed by atoms with van der Waals surface area (Å²) in [6, 6.07) is 8.35. The summed E-state index contributed by atoms with van der Waals surface area (Å²) >= 11 is 0. The molecule has 2 N–H and O–H groups in total. The van der Waals surface area contributed by atoms with E-state index in [1.807, 2.05) is 19.1 Å². The predicted molar refractivity (Wildman–Crippen MR) is 84.5 cm³/mol. The topological polar surface area (TPSA) is 58.8 Å². The third kappa shape index (κ3) is 3.67. The molecule has 1 amide bonds. The van der Waals surface area contributed by atoms with Crippen LogP contribution in [0.25, 0.3) is 0 Å². The number of hydrogen-bond acceptors (Lipinski definition) is 4. The molecule has 1 fully saturated rings. The molecule has 1 aliphatic rings. The van der Waals surface area contributed by atoms with Gasteiger partial charge in [0.15, 0.2) is 0 Å². The number of amides is 1. The summed E-state index contributed by atoms with van der Waals surface area (Å²) in [6.07, 6.45) is 0.704. The van der Waals surface area contributed by atoms with Crippen molar-refractivity contribution < 1.29 is 9.53 Å². The van der Waals surface area contributed by atoms with Crippen molar-refractivity contribution in [1.82, 2.24) is 4.90 Å². The number of anilines is 1. The van der Waals surface area contributed by atoms with Gasteiger partial charge >= 0.3 is 6.09 Å². The summed E-state index contributed by atoms with van der Waals surface area (Å²) in [6.45, 7) is 7.35. The van der Waals surface area contributed by atoms with Gasteiger partial charge in [-0.2, -0.15) is 0 Å². The number of hydrogen-bond donors (Lipinski definition) is 1. The summed E-state index contributed by atoms with van der Waals surface area (Å²) in [5.74, 6) is 0. The molecule has 0 aliphatic carbocycles. The number of nitrogens with zero attached hydrogens (tertiary/aromatic N) is 2. The van der Waals surface area contributed by atoms with E-state index in [1.54, 1.807) is 4.90 Å². The van der Waals surface area contributed by atoms with Crippen molar-refractivity contribution in [3.05, 3.63) is 29.8 Å². The van der Waals surface area contributed by atoms with E-state index in [9.17, 15) is 4.79 Å². The Morgan fingerprint density at radius 2 is 1.90 bits per heavy atom. The number of piperazine rings is 1. The van der Waals surface area contributed by atoms with E-state index in [1.165, 1.54) is 11.3 Å². The molecular weight excluding hydrogens is 266 g/mol. The van der Waals surface area contributed by atoms with E-state index in [0.717, 1.165) is 19.5 Å². The molecule has 1 aromatic carbocycles. The first-order chi connectivity index (χ1) is 10.2. The van der Waals surface area contributed by atoms with Crippen LogP contribution in [0.4, 0.5) is 10.5 Å². The summed E-state index contributed by atoms with van der Waals surface area (Å²) in [5, 5.41) is 0. The SMILES string of the molecule is CCOC(=O)N1CCN(c2ccccc2[C@@H](N)CC)CC1. The molecular formula is C16H25N3O2. The molecule has 0 bridgehead atoms. The molecule has 1 aromatic rings. The van der Waals surface area contributed by atoms with Gasteiger partial charge in [0.05, 0.1) is 6.61 Å². The van der Waals surface area contributed by atoms with Crippen LogP contribution >= 0.6 is 0 Å². The Kier molecular flexibility index (Phi) is 5.44. The summed E-state index contributed by atoms with van der Waals surface area (Å²) in [5.41, 5.74) is 8.58. The third-order valence-electron chi connectivity index (χ3n) is 3.92. The first-order valence-electron chi connectivity index (χ1n) is 7.68. The first kappa shape index (κ1) is 15.6. The van der Waals surface area contributed by atoms with Crippen LogP contribution < -0.4 is 10.6 Å². The van der Waals surface area contributed by atoms with E-state index >= 15 is 0 Å². The van der Waals surface area contributed by atoms with Crippen molar-refractivity contribution in [2.75, 3.05) is 37.7 Å². The number of nitrogens with two attached hydrogens (primary N) is 1. The molecule has 1 saturated heterocycles. The lowest BCUT2D eigenvalue weighted by atomic mass is 10.0. The van der Waals surface area contributed by atoms with Crippen molar-refractivity contribution in [1.29, 1.82) is 0 Å². The van der Waals surface area contributed by atoms with Gasteiger partial charge in [0.1, 0.15) is 0 Å². The zero-order valence-corrected chi connectivity index (χ0v) is 12.9. The highest BCUT2D eigenvalue weighted by atomic mass is 16.6. The molecule has 1 aliphatic heterocycles. The van der Waals surface area contributed by atoms with E-state index in [0.29, 0.717) is 19.7 Å². The Labute approximate surface area is 126 Å². The molecule has 1 heterocycles. The van der Waals surface area contributed by atoms with Crippen LogP contribution in [0, 0.1) is 0 Å². The van der Waals surface area contributed by atoms with Crippen molar-refractivity contribution in [2.45, 2.75) is 26.3 Å². The lowest BCUT2D eigenvalue weighted by Crippen LogP contribution is -2.49. The lowest BCUT2D eigenvalue weighted by molar-refractivity contribution is 0.105. The van der Waals surface area contributed by atoms with Crippen LogP contribution in [0.2, 0.25) is 0 Å². The summed E-state index contributed by atoms with van der Waals surface area (Å²) in [4.78, 5) is 15.8. The average Bonchev–Trinajstić information content (AvgIpc) is 2.54. The highest BCUT2D eigenvalue weighted by molar-refractivity contribution is 5.68. The molecule has 0 aromatic heterocycles. The van der Waals surface area contributed by atoms with E-state index < -0.39 is 0 Å². The standard InChI is InChI=1S/C16H25N3O2/c1-3-14(17)13-7-5-6-8-15(13)18-9-11-19(12-10-18)16(20)21-4-2/h5-8,14H,3-4,9-12,17H2,1-2H3/t14-/m0/s1. The largest absolute Gasteiger partial charge is 0.450 e. The molecule has 1 atom stereocenters. The van der Waals surface area contributed by atoms with Crippen LogP contribution in [0.3, 0.4) is 0 Å². The van der Waals surface area contributed by atoms with Gasteiger partial charge < -0.3 is 20.3 Å². The third-order valence-corrected chi connectivity index (χ3v) is 3.92. The maximum absolute atomic E-state index is 11.7. The van der Waals surface area contributed by atoms with Crippen LogP contribution in [-0.2, 0) is 4.74 Å². The van der Waals surface area contributed by atoms with Crippen LogP contribution in [0.5, 0.6) is 0 Å². The molecule has 21 heavy (non-hydrogen) atoms. The van der Waals surface area contributed by atoms with E-state index in [-0.39, 0.29) is 12.1 Å². The highest BCUT2D eigenvalue weighted by Crippen LogP contribution is 2.27. The molecule has 0 spiro atoms. The molecule has 5 nitrogen and oxygen atoms in total. The Hall–Kier alpha value is -1.75. The second-order valence-corrected chi connectivity index (χ2v) is 5.25. The van der Waals surface area contributed by atoms with Gasteiger partial charge in [-0.05, 0) is 25.0 Å². The second kappa shape index (κ2) is 7.31. The minimum atomic E-state index is -0.212. The summed E-state index contributed by atoms with van der Waals surface area (Å²) in [7, 11) is 0. The number of rotatable bonds is 4. The van der Waals surface area contributed by atoms with E-state index in [2.05, 4.69) is 24.0 Å². The van der Waals surface area contributed by atoms with Crippen LogP contribution in [0.15, 0.2) is 24.3 Å². The number of carbonyl (C=O) groups excluding carboxylic acids is 1. The van der Waals surface area contributed by atoms with Gasteiger partial charge in [0.2, 0.25) is 0 Å². The molecule has 0 saturated carbocycles. The Morgan fingerprint density at radius 3 is 2.52 bits per heavy atom. The fraction of sp³-hybridized carbons (Fsp3) is 0.562. The maximum Gasteiger partial charge on any atom is 0.409 e. The molecule has 116 valence electrons. The van der Waals surface area contributed by atoms with Gasteiger partial charge in [0.25, 0.3) is 0 Å². The Morgan fingerprint density at radius 1 is 1.24 bits per heavy atom. The Bertz CT molecular complexity index is 470. The zero-order valence-electron chi connectivity index (χ0n) is 12.9.